The minimum atomic E-state index is -0.618. The van der Waals surface area contributed by atoms with Crippen LogP contribution in [0.4, 0.5) is 0 Å². The first-order valence-electron chi connectivity index (χ1n) is 11.6. The molecule has 0 bridgehead atoms. The Kier molecular flexibility index (Phi) is 10.4. The van der Waals surface area contributed by atoms with Crippen molar-refractivity contribution >= 4 is 23.9 Å². The lowest BCUT2D eigenvalue weighted by Gasteiger charge is -2.31. The van der Waals surface area contributed by atoms with Crippen molar-refractivity contribution < 1.29 is 38.1 Å². The normalized spacial score (nSPS) is 12.1. The summed E-state index contributed by atoms with van der Waals surface area (Å²) < 4.78 is 20.6. The maximum absolute atomic E-state index is 12.4. The lowest BCUT2D eigenvalue weighted by atomic mass is 9.73. The first kappa shape index (κ1) is 28.3. The van der Waals surface area contributed by atoms with E-state index in [-0.39, 0.29) is 37.6 Å². The molecule has 192 valence electrons. The van der Waals surface area contributed by atoms with Gasteiger partial charge in [0.1, 0.15) is 24.7 Å². The average Bonchev–Trinajstić information content (AvgIpc) is 2.85. The summed E-state index contributed by atoms with van der Waals surface area (Å²) in [7, 11) is 0. The number of esters is 4. The van der Waals surface area contributed by atoms with Gasteiger partial charge in [0.05, 0.1) is 0 Å². The largest absolute Gasteiger partial charge is 0.462 e. The van der Waals surface area contributed by atoms with E-state index in [1.165, 1.54) is 13.8 Å². The molecule has 1 atom stereocenters. The second kappa shape index (κ2) is 13.2. The standard InChI is InChI=1S/C28H32O8/c1-6-25(30)36-24-13-9-22(10-14-24)28(5,21-7-11-23(12-8-21)35-20(4)29)16-15-26(31)33-17-18-34-27(32)19(2)3/h7-14H,2,6,15-18H2,1,3-5H3. The molecule has 0 amide bonds. The summed E-state index contributed by atoms with van der Waals surface area (Å²) in [5.41, 5.74) is 1.43. The molecule has 1 unspecified atom stereocenters. The number of rotatable bonds is 12. The van der Waals surface area contributed by atoms with Crippen molar-refractivity contribution in [1.29, 1.82) is 0 Å². The molecule has 0 saturated carbocycles. The van der Waals surface area contributed by atoms with Gasteiger partial charge in [-0.25, -0.2) is 4.79 Å². The van der Waals surface area contributed by atoms with E-state index in [0.29, 0.717) is 17.9 Å². The van der Waals surface area contributed by atoms with Gasteiger partial charge in [-0.1, -0.05) is 44.7 Å². The van der Waals surface area contributed by atoms with E-state index in [1.54, 1.807) is 31.2 Å². The van der Waals surface area contributed by atoms with Crippen LogP contribution in [0, 0.1) is 0 Å². The lowest BCUT2D eigenvalue weighted by Crippen LogP contribution is -2.25. The van der Waals surface area contributed by atoms with Crippen molar-refractivity contribution in [2.24, 2.45) is 0 Å². The number of carbonyl (C=O) groups is 4. The summed E-state index contributed by atoms with van der Waals surface area (Å²) in [5.74, 6) is -0.870. The Morgan fingerprint density at radius 3 is 1.75 bits per heavy atom. The SMILES string of the molecule is C=C(C)C(=O)OCCOC(=O)CCC(C)(c1ccc(OC(C)=O)cc1)c1ccc(OC(=O)CC)cc1. The van der Waals surface area contributed by atoms with Gasteiger partial charge in [-0.2, -0.15) is 0 Å². The van der Waals surface area contributed by atoms with Crippen LogP contribution in [-0.4, -0.2) is 37.1 Å². The van der Waals surface area contributed by atoms with Gasteiger partial charge in [0, 0.05) is 30.8 Å². The van der Waals surface area contributed by atoms with Crippen molar-refractivity contribution in [2.45, 2.75) is 52.4 Å². The molecule has 8 heteroatoms. The quantitative estimate of drug-likeness (QED) is 0.181. The Balaban J connectivity index is 2.17. The van der Waals surface area contributed by atoms with Gasteiger partial charge in [0.15, 0.2) is 0 Å². The molecule has 0 aliphatic heterocycles. The van der Waals surface area contributed by atoms with E-state index in [9.17, 15) is 19.2 Å². The number of carbonyl (C=O) groups excluding carboxylic acids is 4. The summed E-state index contributed by atoms with van der Waals surface area (Å²) >= 11 is 0. The second-order valence-electron chi connectivity index (χ2n) is 8.44. The third-order valence-corrected chi connectivity index (χ3v) is 5.52. The Bertz CT molecular complexity index is 1090. The van der Waals surface area contributed by atoms with E-state index < -0.39 is 23.3 Å². The fourth-order valence-corrected chi connectivity index (χ4v) is 3.44. The highest BCUT2D eigenvalue weighted by Gasteiger charge is 2.30. The summed E-state index contributed by atoms with van der Waals surface area (Å²) in [6.45, 7) is 9.96. The highest BCUT2D eigenvalue weighted by atomic mass is 16.6. The molecule has 8 nitrogen and oxygen atoms in total. The van der Waals surface area contributed by atoms with Gasteiger partial charge in [-0.15, -0.1) is 0 Å². The molecule has 36 heavy (non-hydrogen) atoms. The van der Waals surface area contributed by atoms with Crippen molar-refractivity contribution in [3.05, 3.63) is 71.8 Å². The monoisotopic (exact) mass is 496 g/mol. The molecular formula is C28H32O8. The third kappa shape index (κ3) is 8.37. The van der Waals surface area contributed by atoms with E-state index in [2.05, 4.69) is 6.58 Å². The molecular weight excluding hydrogens is 464 g/mol. The lowest BCUT2D eigenvalue weighted by molar-refractivity contribution is -0.150. The Hall–Kier alpha value is -3.94. The fraction of sp³-hybridized carbons (Fsp3) is 0.357. The minimum absolute atomic E-state index is 0.0513. The Labute approximate surface area is 211 Å². The van der Waals surface area contributed by atoms with Crippen molar-refractivity contribution in [3.8, 4) is 11.5 Å². The molecule has 2 aromatic carbocycles. The van der Waals surface area contributed by atoms with Gasteiger partial charge in [0.2, 0.25) is 0 Å². The van der Waals surface area contributed by atoms with Crippen LogP contribution in [0.5, 0.6) is 11.5 Å². The Morgan fingerprint density at radius 2 is 1.28 bits per heavy atom. The number of hydrogen-bond acceptors (Lipinski definition) is 8. The molecule has 2 aromatic rings. The highest BCUT2D eigenvalue weighted by Crippen LogP contribution is 2.38. The minimum Gasteiger partial charge on any atom is -0.462 e. The fourth-order valence-electron chi connectivity index (χ4n) is 3.44. The number of ether oxygens (including phenoxy) is 4. The van der Waals surface area contributed by atoms with Crippen LogP contribution < -0.4 is 9.47 Å². The molecule has 0 saturated heterocycles. The molecule has 0 aromatic heterocycles. The van der Waals surface area contributed by atoms with E-state index in [4.69, 9.17) is 18.9 Å². The van der Waals surface area contributed by atoms with Gasteiger partial charge in [-0.3, -0.25) is 14.4 Å². The first-order chi connectivity index (χ1) is 17.0. The van der Waals surface area contributed by atoms with Crippen LogP contribution >= 0.6 is 0 Å². The van der Waals surface area contributed by atoms with Crippen LogP contribution in [0.3, 0.4) is 0 Å². The van der Waals surface area contributed by atoms with E-state index in [1.807, 2.05) is 31.2 Å². The van der Waals surface area contributed by atoms with E-state index >= 15 is 0 Å². The summed E-state index contributed by atoms with van der Waals surface area (Å²) in [6.07, 6.45) is 0.768. The van der Waals surface area contributed by atoms with Crippen molar-refractivity contribution in [2.75, 3.05) is 13.2 Å². The van der Waals surface area contributed by atoms with Gasteiger partial charge >= 0.3 is 23.9 Å². The predicted molar refractivity (Wildman–Crippen MR) is 133 cm³/mol. The smallest absolute Gasteiger partial charge is 0.333 e. The van der Waals surface area contributed by atoms with Gasteiger partial charge in [0.25, 0.3) is 0 Å². The third-order valence-electron chi connectivity index (χ3n) is 5.52. The molecule has 2 rings (SSSR count). The summed E-state index contributed by atoms with van der Waals surface area (Å²) in [4.78, 5) is 46.7. The van der Waals surface area contributed by atoms with Crippen LogP contribution in [0.25, 0.3) is 0 Å². The Morgan fingerprint density at radius 1 is 0.778 bits per heavy atom. The summed E-state index contributed by atoms with van der Waals surface area (Å²) in [6, 6.07) is 14.2. The van der Waals surface area contributed by atoms with Crippen molar-refractivity contribution in [1.82, 2.24) is 0 Å². The maximum atomic E-state index is 12.4. The molecule has 0 aliphatic carbocycles. The van der Waals surface area contributed by atoms with E-state index in [0.717, 1.165) is 11.1 Å². The van der Waals surface area contributed by atoms with Crippen molar-refractivity contribution in [3.63, 3.8) is 0 Å². The number of benzene rings is 2. The van der Waals surface area contributed by atoms with Crippen LogP contribution in [0.1, 0.15) is 58.1 Å². The van der Waals surface area contributed by atoms with Gasteiger partial charge in [-0.05, 0) is 48.7 Å². The molecule has 0 spiro atoms. The number of hydrogen-bond donors (Lipinski definition) is 0. The zero-order valence-electron chi connectivity index (χ0n) is 21.1. The first-order valence-corrected chi connectivity index (χ1v) is 11.6. The maximum Gasteiger partial charge on any atom is 0.333 e. The summed E-state index contributed by atoms with van der Waals surface area (Å²) in [5, 5.41) is 0. The average molecular weight is 497 g/mol. The molecule has 0 aliphatic rings. The highest BCUT2D eigenvalue weighted by molar-refractivity contribution is 5.86. The molecule has 0 heterocycles. The predicted octanol–water partition coefficient (Wildman–Crippen LogP) is 4.68. The zero-order valence-corrected chi connectivity index (χ0v) is 21.1. The van der Waals surface area contributed by atoms with Gasteiger partial charge < -0.3 is 18.9 Å². The molecule has 0 fully saturated rings. The second-order valence-corrected chi connectivity index (χ2v) is 8.44. The van der Waals surface area contributed by atoms with Crippen LogP contribution in [0.15, 0.2) is 60.7 Å². The molecule has 0 N–H and O–H groups in total. The zero-order chi connectivity index (χ0) is 26.7. The topological polar surface area (TPSA) is 105 Å². The molecule has 0 radical (unpaired) electrons. The van der Waals surface area contributed by atoms with Crippen LogP contribution in [0.2, 0.25) is 0 Å². The van der Waals surface area contributed by atoms with Crippen LogP contribution in [-0.2, 0) is 34.1 Å².